The molecule has 2 N–H and O–H groups in total. The molecule has 0 aliphatic rings. The first kappa shape index (κ1) is 20.8. The minimum absolute atomic E-state index is 0.107. The van der Waals surface area contributed by atoms with Crippen LogP contribution in [0, 0.1) is 18.8 Å². The Morgan fingerprint density at radius 1 is 1.35 bits per heavy atom. The van der Waals surface area contributed by atoms with Crippen LogP contribution in [0.2, 0.25) is 0 Å². The molecular formula is C17H30N2O. The molecule has 3 atom stereocenters. The summed E-state index contributed by atoms with van der Waals surface area (Å²) in [5, 5.41) is 6.46. The quantitative estimate of drug-likeness (QED) is 0.477. The van der Waals surface area contributed by atoms with Gasteiger partial charge in [-0.25, -0.2) is 0 Å². The molecule has 3 heteroatoms. The van der Waals surface area contributed by atoms with Crippen LogP contribution < -0.4 is 10.6 Å². The predicted molar refractivity (Wildman–Crippen MR) is 88.4 cm³/mol. The van der Waals surface area contributed by atoms with E-state index >= 15 is 0 Å². The fraction of sp³-hybridized carbons (Fsp3) is 0.588. The van der Waals surface area contributed by atoms with Gasteiger partial charge in [-0.15, -0.1) is 19.4 Å². The first-order chi connectivity index (χ1) is 9.51. The van der Waals surface area contributed by atoms with E-state index in [9.17, 15) is 4.79 Å². The number of rotatable bonds is 10. The Balaban J connectivity index is 0. The molecule has 0 rings (SSSR count). The van der Waals surface area contributed by atoms with Gasteiger partial charge in [-0.3, -0.25) is 4.79 Å². The number of likely N-dealkylation sites (N-methyl/N-ethyl adjacent to an activating group) is 1. The molecule has 20 heavy (non-hydrogen) atoms. The molecule has 0 aliphatic heterocycles. The van der Waals surface area contributed by atoms with Crippen LogP contribution in [-0.4, -0.2) is 24.9 Å². The lowest BCUT2D eigenvalue weighted by Crippen LogP contribution is -2.45. The van der Waals surface area contributed by atoms with Crippen LogP contribution in [0.4, 0.5) is 0 Å². The van der Waals surface area contributed by atoms with E-state index in [1.54, 1.807) is 0 Å². The molecule has 0 aliphatic carbocycles. The van der Waals surface area contributed by atoms with Crippen molar-refractivity contribution in [2.45, 2.75) is 52.1 Å². The summed E-state index contributed by atoms with van der Waals surface area (Å²) in [7, 11) is 1.90. The van der Waals surface area contributed by atoms with Gasteiger partial charge in [0.1, 0.15) is 0 Å². The van der Waals surface area contributed by atoms with E-state index in [4.69, 9.17) is 0 Å². The molecule has 0 aromatic rings. The SMILES string of the molecule is C#C.C=CC(C)C(NC(=C)[C@H](CC)NC)C(=O)CCC. The van der Waals surface area contributed by atoms with Gasteiger partial charge in [0.15, 0.2) is 5.78 Å². The molecule has 0 spiro atoms. The zero-order valence-electron chi connectivity index (χ0n) is 13.4. The summed E-state index contributed by atoms with van der Waals surface area (Å²) < 4.78 is 0. The molecule has 2 unspecified atom stereocenters. The van der Waals surface area contributed by atoms with Crippen molar-refractivity contribution < 1.29 is 4.79 Å². The van der Waals surface area contributed by atoms with Gasteiger partial charge in [0.25, 0.3) is 0 Å². The van der Waals surface area contributed by atoms with Crippen molar-refractivity contribution in [1.82, 2.24) is 10.6 Å². The Labute approximate surface area is 124 Å². The van der Waals surface area contributed by atoms with Crippen LogP contribution in [0.25, 0.3) is 0 Å². The van der Waals surface area contributed by atoms with Gasteiger partial charge in [0.05, 0.1) is 6.04 Å². The van der Waals surface area contributed by atoms with Crippen molar-refractivity contribution in [3.63, 3.8) is 0 Å². The standard InChI is InChI=1S/C15H28N2O.C2H2/c1-7-10-14(18)15(11(4)8-2)17-12(5)13(9-3)16-6;1-2/h8,11,13,15-17H,2,5,7,9-10H2,1,3-4,6H3;1-2H/t11?,13-,15?;/m0./s1. The van der Waals surface area contributed by atoms with Gasteiger partial charge in [-0.05, 0) is 19.9 Å². The van der Waals surface area contributed by atoms with Crippen molar-refractivity contribution in [3.05, 3.63) is 24.9 Å². The van der Waals surface area contributed by atoms with E-state index in [1.165, 1.54) is 0 Å². The number of Topliss-reactive ketones (excluding diaryl/α,β-unsaturated/α-hetero) is 1. The summed E-state index contributed by atoms with van der Waals surface area (Å²) in [5.74, 6) is 0.340. The summed E-state index contributed by atoms with van der Waals surface area (Å²) in [6, 6.07) is -0.0173. The lowest BCUT2D eigenvalue weighted by Gasteiger charge is -2.27. The third-order valence-electron chi connectivity index (χ3n) is 3.26. The lowest BCUT2D eigenvalue weighted by molar-refractivity contribution is -0.121. The first-order valence-corrected chi connectivity index (χ1v) is 7.12. The molecule has 0 aromatic heterocycles. The van der Waals surface area contributed by atoms with Crippen molar-refractivity contribution in [2.24, 2.45) is 5.92 Å². The molecule has 0 saturated heterocycles. The highest BCUT2D eigenvalue weighted by molar-refractivity contribution is 5.84. The van der Waals surface area contributed by atoms with Gasteiger partial charge < -0.3 is 10.6 Å². The Kier molecular flexibility index (Phi) is 13.0. The Morgan fingerprint density at radius 3 is 2.25 bits per heavy atom. The van der Waals surface area contributed by atoms with Gasteiger partial charge in [0.2, 0.25) is 0 Å². The number of hydrogen-bond donors (Lipinski definition) is 2. The smallest absolute Gasteiger partial charge is 0.155 e. The van der Waals surface area contributed by atoms with Crippen molar-refractivity contribution in [2.75, 3.05) is 7.05 Å². The minimum Gasteiger partial charge on any atom is -0.377 e. The molecule has 0 bridgehead atoms. The predicted octanol–water partition coefficient (Wildman–Crippen LogP) is 2.90. The summed E-state index contributed by atoms with van der Waals surface area (Å²) in [5.41, 5.74) is 0.878. The average molecular weight is 278 g/mol. The number of ketones is 1. The van der Waals surface area contributed by atoms with Crippen molar-refractivity contribution >= 4 is 5.78 Å². The van der Waals surface area contributed by atoms with Gasteiger partial charge in [0, 0.05) is 24.1 Å². The molecule has 0 fully saturated rings. The number of terminal acetylenes is 1. The van der Waals surface area contributed by atoms with E-state index in [0.29, 0.717) is 6.42 Å². The fourth-order valence-corrected chi connectivity index (χ4v) is 1.97. The summed E-state index contributed by atoms with van der Waals surface area (Å²) in [6.45, 7) is 13.9. The minimum atomic E-state index is -0.211. The normalized spacial score (nSPS) is 14.1. The van der Waals surface area contributed by atoms with Crippen molar-refractivity contribution in [3.8, 4) is 12.8 Å². The molecule has 0 aromatic carbocycles. The van der Waals surface area contributed by atoms with Crippen LogP contribution in [0.15, 0.2) is 24.9 Å². The van der Waals surface area contributed by atoms with Crippen LogP contribution in [0.5, 0.6) is 0 Å². The summed E-state index contributed by atoms with van der Waals surface area (Å²) in [6.07, 6.45) is 12.2. The number of carbonyl (C=O) groups is 1. The summed E-state index contributed by atoms with van der Waals surface area (Å²) in [4.78, 5) is 12.1. The monoisotopic (exact) mass is 278 g/mol. The van der Waals surface area contributed by atoms with E-state index in [-0.39, 0.29) is 23.8 Å². The zero-order valence-corrected chi connectivity index (χ0v) is 13.4. The van der Waals surface area contributed by atoms with E-state index in [0.717, 1.165) is 18.5 Å². The second-order valence-electron chi connectivity index (χ2n) is 4.71. The lowest BCUT2D eigenvalue weighted by atomic mass is 9.94. The Bertz CT molecular complexity index is 316. The molecule has 114 valence electrons. The molecule has 0 heterocycles. The van der Waals surface area contributed by atoms with Crippen LogP contribution in [0.1, 0.15) is 40.0 Å². The van der Waals surface area contributed by atoms with Crippen LogP contribution in [0.3, 0.4) is 0 Å². The largest absolute Gasteiger partial charge is 0.377 e. The van der Waals surface area contributed by atoms with Crippen LogP contribution >= 0.6 is 0 Å². The third-order valence-corrected chi connectivity index (χ3v) is 3.26. The summed E-state index contributed by atoms with van der Waals surface area (Å²) >= 11 is 0. The molecular weight excluding hydrogens is 248 g/mol. The van der Waals surface area contributed by atoms with E-state index in [1.807, 2.05) is 27.0 Å². The van der Waals surface area contributed by atoms with Gasteiger partial charge in [-0.2, -0.15) is 0 Å². The van der Waals surface area contributed by atoms with E-state index in [2.05, 4.69) is 43.6 Å². The van der Waals surface area contributed by atoms with E-state index < -0.39 is 0 Å². The highest BCUT2D eigenvalue weighted by Crippen LogP contribution is 2.12. The third kappa shape index (κ3) is 7.16. The molecule has 3 nitrogen and oxygen atoms in total. The van der Waals surface area contributed by atoms with Crippen LogP contribution in [-0.2, 0) is 4.79 Å². The fourth-order valence-electron chi connectivity index (χ4n) is 1.97. The number of hydrogen-bond acceptors (Lipinski definition) is 3. The van der Waals surface area contributed by atoms with Gasteiger partial charge in [-0.1, -0.05) is 33.4 Å². The number of nitrogens with one attached hydrogen (secondary N) is 2. The van der Waals surface area contributed by atoms with Gasteiger partial charge >= 0.3 is 0 Å². The maximum absolute atomic E-state index is 12.1. The second-order valence-corrected chi connectivity index (χ2v) is 4.71. The molecule has 0 saturated carbocycles. The zero-order chi connectivity index (χ0) is 16.1. The van der Waals surface area contributed by atoms with Crippen molar-refractivity contribution in [1.29, 1.82) is 0 Å². The second kappa shape index (κ2) is 12.5. The highest BCUT2D eigenvalue weighted by atomic mass is 16.1. The molecule has 0 amide bonds. The number of carbonyl (C=O) groups excluding carboxylic acids is 1. The Morgan fingerprint density at radius 2 is 1.90 bits per heavy atom. The maximum Gasteiger partial charge on any atom is 0.155 e. The first-order valence-electron chi connectivity index (χ1n) is 7.12. The highest BCUT2D eigenvalue weighted by Gasteiger charge is 2.23. The maximum atomic E-state index is 12.1. The Hall–Kier alpha value is -1.53. The average Bonchev–Trinajstić information content (AvgIpc) is 2.47. The molecule has 0 radical (unpaired) electrons. The topological polar surface area (TPSA) is 41.1 Å².